The average Bonchev–Trinajstić information content (AvgIpc) is 2.31. The highest BCUT2D eigenvalue weighted by molar-refractivity contribution is 5.48. The zero-order valence-electron chi connectivity index (χ0n) is 9.17. The maximum atomic E-state index is 13.3. The van der Waals surface area contributed by atoms with E-state index in [9.17, 15) is 4.39 Å². The first-order valence-electron chi connectivity index (χ1n) is 5.76. The van der Waals surface area contributed by atoms with Crippen molar-refractivity contribution in [3.8, 4) is 6.07 Å². The Morgan fingerprint density at radius 2 is 2.00 bits per heavy atom. The second kappa shape index (κ2) is 4.98. The summed E-state index contributed by atoms with van der Waals surface area (Å²) in [5.41, 5.74) is 0.887. The van der Waals surface area contributed by atoms with Gasteiger partial charge in [0.15, 0.2) is 0 Å². The summed E-state index contributed by atoms with van der Waals surface area (Å²) >= 11 is 0. The largest absolute Gasteiger partial charge is 0.382 e. The van der Waals surface area contributed by atoms with Gasteiger partial charge in [0.2, 0.25) is 0 Å². The number of benzene rings is 1. The number of nitrogens with zero attached hydrogens (tertiary/aromatic N) is 1. The van der Waals surface area contributed by atoms with Gasteiger partial charge in [-0.15, -0.1) is 0 Å². The van der Waals surface area contributed by atoms with Crippen LogP contribution in [0.4, 0.5) is 10.1 Å². The molecule has 0 saturated heterocycles. The number of hydrogen-bond donors (Lipinski definition) is 1. The van der Waals surface area contributed by atoms with E-state index in [0.717, 1.165) is 18.5 Å². The minimum Gasteiger partial charge on any atom is -0.382 e. The summed E-state index contributed by atoms with van der Waals surface area (Å²) < 4.78 is 13.3. The van der Waals surface area contributed by atoms with Gasteiger partial charge in [0.1, 0.15) is 11.9 Å². The first-order chi connectivity index (χ1) is 7.79. The fourth-order valence-corrected chi connectivity index (χ4v) is 2.18. The van der Waals surface area contributed by atoms with E-state index in [2.05, 4.69) is 5.32 Å². The van der Waals surface area contributed by atoms with Crippen LogP contribution in [0.3, 0.4) is 0 Å². The topological polar surface area (TPSA) is 35.8 Å². The lowest BCUT2D eigenvalue weighted by Crippen LogP contribution is -2.22. The number of halogens is 1. The molecular weight excluding hydrogens is 203 g/mol. The van der Waals surface area contributed by atoms with Gasteiger partial charge in [-0.25, -0.2) is 4.39 Å². The lowest BCUT2D eigenvalue weighted by molar-refractivity contribution is 0.462. The minimum atomic E-state index is -0.441. The molecule has 2 nitrogen and oxygen atoms in total. The fourth-order valence-electron chi connectivity index (χ4n) is 2.18. The van der Waals surface area contributed by atoms with E-state index in [-0.39, 0.29) is 5.56 Å². The Kier molecular flexibility index (Phi) is 3.40. The highest BCUT2D eigenvalue weighted by Gasteiger charge is 2.13. The van der Waals surface area contributed by atoms with Crippen LogP contribution in [-0.4, -0.2) is 6.04 Å². The van der Waals surface area contributed by atoms with Crippen LogP contribution in [0.1, 0.15) is 37.7 Å². The monoisotopic (exact) mass is 218 g/mol. The Balaban J connectivity index is 2.04. The Hall–Kier alpha value is -1.56. The zero-order chi connectivity index (χ0) is 11.4. The van der Waals surface area contributed by atoms with Gasteiger partial charge in [-0.05, 0) is 31.0 Å². The molecule has 0 bridgehead atoms. The third-order valence-corrected chi connectivity index (χ3v) is 3.07. The molecule has 16 heavy (non-hydrogen) atoms. The van der Waals surface area contributed by atoms with E-state index in [1.54, 1.807) is 6.07 Å². The Labute approximate surface area is 95.1 Å². The molecular formula is C13H15FN2. The summed E-state index contributed by atoms with van der Waals surface area (Å²) in [4.78, 5) is 0. The maximum Gasteiger partial charge on any atom is 0.143 e. The molecule has 1 aromatic rings. The molecule has 1 aliphatic carbocycles. The van der Waals surface area contributed by atoms with Crippen molar-refractivity contribution in [3.05, 3.63) is 29.6 Å². The predicted molar refractivity (Wildman–Crippen MR) is 61.6 cm³/mol. The summed E-state index contributed by atoms with van der Waals surface area (Å²) in [5, 5.41) is 11.9. The highest BCUT2D eigenvalue weighted by Crippen LogP contribution is 2.22. The molecule has 2 rings (SSSR count). The van der Waals surface area contributed by atoms with Crippen molar-refractivity contribution in [1.29, 1.82) is 5.26 Å². The molecule has 0 amide bonds. The van der Waals surface area contributed by atoms with Crippen LogP contribution in [0.2, 0.25) is 0 Å². The SMILES string of the molecule is N#Cc1ccc(NC2CCCCC2)cc1F. The molecule has 1 aliphatic rings. The molecule has 0 unspecified atom stereocenters. The van der Waals surface area contributed by atoms with Crippen LogP contribution in [0.15, 0.2) is 18.2 Å². The van der Waals surface area contributed by atoms with Crippen LogP contribution < -0.4 is 5.32 Å². The quantitative estimate of drug-likeness (QED) is 0.825. The number of rotatable bonds is 2. The lowest BCUT2D eigenvalue weighted by atomic mass is 9.95. The fraction of sp³-hybridized carbons (Fsp3) is 0.462. The molecule has 0 heterocycles. The van der Waals surface area contributed by atoms with E-state index in [0.29, 0.717) is 6.04 Å². The lowest BCUT2D eigenvalue weighted by Gasteiger charge is -2.23. The van der Waals surface area contributed by atoms with Gasteiger partial charge in [-0.3, -0.25) is 0 Å². The van der Waals surface area contributed by atoms with Crippen LogP contribution in [0.25, 0.3) is 0 Å². The number of nitrogens with one attached hydrogen (secondary N) is 1. The molecule has 1 aromatic carbocycles. The van der Waals surface area contributed by atoms with Crippen LogP contribution in [0.5, 0.6) is 0 Å². The molecule has 1 fully saturated rings. The summed E-state index contributed by atoms with van der Waals surface area (Å²) in [6.45, 7) is 0. The molecule has 1 N–H and O–H groups in total. The number of anilines is 1. The average molecular weight is 218 g/mol. The molecule has 0 spiro atoms. The first-order valence-corrected chi connectivity index (χ1v) is 5.76. The smallest absolute Gasteiger partial charge is 0.143 e. The van der Waals surface area contributed by atoms with Gasteiger partial charge in [0.25, 0.3) is 0 Å². The molecule has 0 radical (unpaired) electrons. The standard InChI is InChI=1S/C13H15FN2/c14-13-8-12(7-6-10(13)9-15)16-11-4-2-1-3-5-11/h6-8,11,16H,1-5H2. The van der Waals surface area contributed by atoms with Crippen LogP contribution in [-0.2, 0) is 0 Å². The van der Waals surface area contributed by atoms with E-state index >= 15 is 0 Å². The van der Waals surface area contributed by atoms with Crippen molar-refractivity contribution >= 4 is 5.69 Å². The second-order valence-corrected chi connectivity index (χ2v) is 4.29. The van der Waals surface area contributed by atoms with Gasteiger partial charge >= 0.3 is 0 Å². The normalized spacial score (nSPS) is 16.8. The van der Waals surface area contributed by atoms with Gasteiger partial charge in [0.05, 0.1) is 5.56 Å². The molecule has 3 heteroatoms. The van der Waals surface area contributed by atoms with Crippen molar-refractivity contribution < 1.29 is 4.39 Å². The minimum absolute atomic E-state index is 0.106. The molecule has 1 saturated carbocycles. The van der Waals surface area contributed by atoms with Gasteiger partial charge in [-0.1, -0.05) is 19.3 Å². The maximum absolute atomic E-state index is 13.3. The number of hydrogen-bond acceptors (Lipinski definition) is 2. The molecule has 84 valence electrons. The summed E-state index contributed by atoms with van der Waals surface area (Å²) in [6, 6.07) is 6.99. The van der Waals surface area contributed by atoms with Crippen molar-refractivity contribution in [2.45, 2.75) is 38.1 Å². The van der Waals surface area contributed by atoms with E-state index in [1.807, 2.05) is 6.07 Å². The predicted octanol–water partition coefficient (Wildman–Crippen LogP) is 3.44. The van der Waals surface area contributed by atoms with Gasteiger partial charge < -0.3 is 5.32 Å². The van der Waals surface area contributed by atoms with Crippen molar-refractivity contribution in [1.82, 2.24) is 0 Å². The van der Waals surface area contributed by atoms with E-state index < -0.39 is 5.82 Å². The third-order valence-electron chi connectivity index (χ3n) is 3.07. The molecule has 0 atom stereocenters. The first kappa shape index (κ1) is 10.9. The van der Waals surface area contributed by atoms with Crippen LogP contribution >= 0.6 is 0 Å². The third kappa shape index (κ3) is 2.52. The second-order valence-electron chi connectivity index (χ2n) is 4.29. The summed E-state index contributed by atoms with van der Waals surface area (Å²) in [6.07, 6.45) is 6.11. The van der Waals surface area contributed by atoms with Gasteiger partial charge in [0, 0.05) is 11.7 Å². The van der Waals surface area contributed by atoms with E-state index in [1.165, 1.54) is 31.4 Å². The summed E-state index contributed by atoms with van der Waals surface area (Å²) in [7, 11) is 0. The highest BCUT2D eigenvalue weighted by atomic mass is 19.1. The Morgan fingerprint density at radius 3 is 2.62 bits per heavy atom. The van der Waals surface area contributed by atoms with E-state index in [4.69, 9.17) is 5.26 Å². The molecule has 0 aromatic heterocycles. The van der Waals surface area contributed by atoms with Crippen molar-refractivity contribution in [2.75, 3.05) is 5.32 Å². The Morgan fingerprint density at radius 1 is 1.25 bits per heavy atom. The van der Waals surface area contributed by atoms with Crippen molar-refractivity contribution in [2.24, 2.45) is 0 Å². The zero-order valence-corrected chi connectivity index (χ0v) is 9.17. The molecule has 0 aliphatic heterocycles. The van der Waals surface area contributed by atoms with Gasteiger partial charge in [-0.2, -0.15) is 5.26 Å². The Bertz CT molecular complexity index is 403. The van der Waals surface area contributed by atoms with Crippen molar-refractivity contribution in [3.63, 3.8) is 0 Å². The summed E-state index contributed by atoms with van der Waals surface area (Å²) in [5.74, 6) is -0.441. The van der Waals surface area contributed by atoms with Crippen LogP contribution in [0, 0.1) is 17.1 Å². The number of nitriles is 1.